The third kappa shape index (κ3) is 5.02. The third-order valence-corrected chi connectivity index (χ3v) is 2.08. The molecule has 0 aliphatic heterocycles. The number of aliphatic hydroxyl groups excluding tert-OH is 1. The van der Waals surface area contributed by atoms with Gasteiger partial charge in [0.2, 0.25) is 0 Å². The number of rotatable bonds is 5. The zero-order valence-corrected chi connectivity index (χ0v) is 9.74. The summed E-state index contributed by atoms with van der Waals surface area (Å²) in [6.45, 7) is 0.882. The van der Waals surface area contributed by atoms with Crippen LogP contribution in [0.3, 0.4) is 0 Å². The molecule has 4 heteroatoms. The predicted octanol–water partition coefficient (Wildman–Crippen LogP) is 1.64. The molecule has 1 aromatic carbocycles. The maximum Gasteiger partial charge on any atom is 0.119 e. The molecule has 1 atom stereocenters. The van der Waals surface area contributed by atoms with E-state index in [4.69, 9.17) is 16.3 Å². The summed E-state index contributed by atoms with van der Waals surface area (Å²) in [6, 6.07) is 7.08. The molecule has 0 spiro atoms. The fourth-order valence-corrected chi connectivity index (χ4v) is 1.32. The summed E-state index contributed by atoms with van der Waals surface area (Å²) in [5.74, 6) is 0.720. The van der Waals surface area contributed by atoms with Gasteiger partial charge in [-0.15, -0.1) is 0 Å². The average Bonchev–Trinajstić information content (AvgIpc) is 2.16. The van der Waals surface area contributed by atoms with Crippen molar-refractivity contribution >= 4 is 11.6 Å². The highest BCUT2D eigenvalue weighted by Crippen LogP contribution is 2.15. The monoisotopic (exact) mass is 229 g/mol. The zero-order valence-electron chi connectivity index (χ0n) is 8.98. The highest BCUT2D eigenvalue weighted by Gasteiger charge is 2.06. The van der Waals surface area contributed by atoms with E-state index < -0.39 is 6.10 Å². The Morgan fingerprint density at radius 1 is 1.33 bits per heavy atom. The molecular formula is C11H16ClNO2. The summed E-state index contributed by atoms with van der Waals surface area (Å²) < 4.78 is 5.39. The minimum absolute atomic E-state index is 0.291. The molecule has 15 heavy (non-hydrogen) atoms. The Hall–Kier alpha value is -0.770. The Morgan fingerprint density at radius 3 is 2.47 bits per heavy atom. The van der Waals surface area contributed by atoms with Crippen LogP contribution in [0.4, 0.5) is 0 Å². The molecule has 84 valence electrons. The molecule has 0 aliphatic rings. The van der Waals surface area contributed by atoms with Gasteiger partial charge in [0, 0.05) is 11.6 Å². The number of benzene rings is 1. The second-order valence-electron chi connectivity index (χ2n) is 3.68. The van der Waals surface area contributed by atoms with Crippen LogP contribution in [0.1, 0.15) is 0 Å². The first-order chi connectivity index (χ1) is 7.08. The standard InChI is InChI=1S/C11H16ClNO2/c1-13(2)7-10(14)8-15-11-5-3-9(12)4-6-11/h3-6,10,14H,7-8H2,1-2H3. The van der Waals surface area contributed by atoms with Gasteiger partial charge in [-0.1, -0.05) is 11.6 Å². The lowest BCUT2D eigenvalue weighted by Gasteiger charge is -2.16. The Balaban J connectivity index is 2.33. The van der Waals surface area contributed by atoms with E-state index in [1.807, 2.05) is 19.0 Å². The second kappa shape index (κ2) is 5.95. The summed E-state index contributed by atoms with van der Waals surface area (Å²) in [5.41, 5.74) is 0. The zero-order chi connectivity index (χ0) is 11.3. The number of hydrogen-bond acceptors (Lipinski definition) is 3. The summed E-state index contributed by atoms with van der Waals surface area (Å²) in [5, 5.41) is 10.2. The van der Waals surface area contributed by atoms with Crippen LogP contribution >= 0.6 is 11.6 Å². The second-order valence-corrected chi connectivity index (χ2v) is 4.12. The van der Waals surface area contributed by atoms with Crippen LogP contribution in [0.5, 0.6) is 5.75 Å². The number of hydrogen-bond donors (Lipinski definition) is 1. The lowest BCUT2D eigenvalue weighted by Crippen LogP contribution is -2.30. The van der Waals surface area contributed by atoms with Crippen molar-refractivity contribution < 1.29 is 9.84 Å². The van der Waals surface area contributed by atoms with E-state index in [1.165, 1.54) is 0 Å². The van der Waals surface area contributed by atoms with E-state index in [-0.39, 0.29) is 0 Å². The molecule has 0 saturated carbocycles. The van der Waals surface area contributed by atoms with Gasteiger partial charge in [-0.2, -0.15) is 0 Å². The van der Waals surface area contributed by atoms with Crippen molar-refractivity contribution in [3.63, 3.8) is 0 Å². The van der Waals surface area contributed by atoms with Crippen molar-refractivity contribution in [2.75, 3.05) is 27.2 Å². The van der Waals surface area contributed by atoms with E-state index in [0.717, 1.165) is 5.75 Å². The molecule has 0 heterocycles. The first kappa shape index (κ1) is 12.3. The molecule has 0 fully saturated rings. The molecule has 0 bridgehead atoms. The molecule has 1 N–H and O–H groups in total. The van der Waals surface area contributed by atoms with E-state index in [0.29, 0.717) is 18.2 Å². The SMILES string of the molecule is CN(C)CC(O)COc1ccc(Cl)cc1. The van der Waals surface area contributed by atoms with Crippen LogP contribution in [-0.2, 0) is 0 Å². The number of halogens is 1. The Kier molecular flexibility index (Phi) is 4.88. The maximum absolute atomic E-state index is 9.54. The van der Waals surface area contributed by atoms with Crippen LogP contribution in [0.15, 0.2) is 24.3 Å². The lowest BCUT2D eigenvalue weighted by atomic mass is 10.3. The fourth-order valence-electron chi connectivity index (χ4n) is 1.20. The van der Waals surface area contributed by atoms with Gasteiger partial charge in [-0.05, 0) is 38.4 Å². The van der Waals surface area contributed by atoms with Crippen molar-refractivity contribution in [2.24, 2.45) is 0 Å². The molecule has 0 aromatic heterocycles. The molecule has 1 unspecified atom stereocenters. The Bertz CT molecular complexity index is 287. The molecule has 1 rings (SSSR count). The summed E-state index contributed by atoms with van der Waals surface area (Å²) >= 11 is 5.73. The van der Waals surface area contributed by atoms with Crippen molar-refractivity contribution in [3.8, 4) is 5.75 Å². The Labute approximate surface area is 95.2 Å². The van der Waals surface area contributed by atoms with Gasteiger partial charge >= 0.3 is 0 Å². The summed E-state index contributed by atoms with van der Waals surface area (Å²) in [4.78, 5) is 1.91. The summed E-state index contributed by atoms with van der Waals surface area (Å²) in [7, 11) is 3.82. The molecular weight excluding hydrogens is 214 g/mol. The number of ether oxygens (including phenoxy) is 1. The molecule has 3 nitrogen and oxygen atoms in total. The average molecular weight is 230 g/mol. The summed E-state index contributed by atoms with van der Waals surface area (Å²) in [6.07, 6.45) is -0.476. The quantitative estimate of drug-likeness (QED) is 0.833. The minimum atomic E-state index is -0.476. The van der Waals surface area contributed by atoms with Crippen molar-refractivity contribution in [2.45, 2.75) is 6.10 Å². The molecule has 0 saturated heterocycles. The number of aliphatic hydroxyl groups is 1. The van der Waals surface area contributed by atoms with Crippen LogP contribution in [-0.4, -0.2) is 43.4 Å². The van der Waals surface area contributed by atoms with Gasteiger partial charge in [0.05, 0.1) is 0 Å². The molecule has 1 aromatic rings. The maximum atomic E-state index is 9.54. The van der Waals surface area contributed by atoms with Crippen molar-refractivity contribution in [1.82, 2.24) is 4.90 Å². The van der Waals surface area contributed by atoms with E-state index in [1.54, 1.807) is 24.3 Å². The predicted molar refractivity (Wildman–Crippen MR) is 61.5 cm³/mol. The lowest BCUT2D eigenvalue weighted by molar-refractivity contribution is 0.0831. The van der Waals surface area contributed by atoms with E-state index in [2.05, 4.69) is 0 Å². The van der Waals surface area contributed by atoms with Crippen LogP contribution < -0.4 is 4.74 Å². The van der Waals surface area contributed by atoms with Gasteiger partial charge in [-0.3, -0.25) is 0 Å². The minimum Gasteiger partial charge on any atom is -0.491 e. The van der Waals surface area contributed by atoms with Crippen molar-refractivity contribution in [3.05, 3.63) is 29.3 Å². The molecule has 0 amide bonds. The first-order valence-electron chi connectivity index (χ1n) is 4.79. The van der Waals surface area contributed by atoms with Gasteiger partial charge in [0.1, 0.15) is 18.5 Å². The third-order valence-electron chi connectivity index (χ3n) is 1.83. The van der Waals surface area contributed by atoms with E-state index in [9.17, 15) is 5.11 Å². The van der Waals surface area contributed by atoms with Crippen LogP contribution in [0, 0.1) is 0 Å². The van der Waals surface area contributed by atoms with Crippen LogP contribution in [0.2, 0.25) is 5.02 Å². The largest absolute Gasteiger partial charge is 0.491 e. The smallest absolute Gasteiger partial charge is 0.119 e. The highest BCUT2D eigenvalue weighted by atomic mass is 35.5. The fraction of sp³-hybridized carbons (Fsp3) is 0.455. The normalized spacial score (nSPS) is 12.9. The molecule has 0 radical (unpaired) electrons. The molecule has 0 aliphatic carbocycles. The Morgan fingerprint density at radius 2 is 1.93 bits per heavy atom. The number of nitrogens with zero attached hydrogens (tertiary/aromatic N) is 1. The van der Waals surface area contributed by atoms with E-state index >= 15 is 0 Å². The van der Waals surface area contributed by atoms with Gasteiger partial charge in [0.25, 0.3) is 0 Å². The number of likely N-dealkylation sites (N-methyl/N-ethyl adjacent to an activating group) is 1. The van der Waals surface area contributed by atoms with Gasteiger partial charge in [-0.25, -0.2) is 0 Å². The van der Waals surface area contributed by atoms with Crippen molar-refractivity contribution in [1.29, 1.82) is 0 Å². The highest BCUT2D eigenvalue weighted by molar-refractivity contribution is 6.30. The van der Waals surface area contributed by atoms with Crippen LogP contribution in [0.25, 0.3) is 0 Å². The topological polar surface area (TPSA) is 32.7 Å². The first-order valence-corrected chi connectivity index (χ1v) is 5.17. The van der Waals surface area contributed by atoms with Gasteiger partial charge < -0.3 is 14.7 Å². The van der Waals surface area contributed by atoms with Gasteiger partial charge in [0.15, 0.2) is 0 Å².